The molecule has 1 aromatic rings. The lowest BCUT2D eigenvalue weighted by Gasteiger charge is -2.31. The molecule has 0 spiro atoms. The standard InChI is InChI=1S/C15H24N2OS/c1-12(11-17-9-7-16-8-10-17)15(18)13-3-5-14(19-2)6-4-13/h3-6,12,15-16,18H,7-11H2,1-2H3. The maximum absolute atomic E-state index is 10.4. The van der Waals surface area contributed by atoms with Gasteiger partial charge in [0.15, 0.2) is 0 Å². The van der Waals surface area contributed by atoms with Gasteiger partial charge >= 0.3 is 0 Å². The number of thioether (sulfide) groups is 1. The number of piperazine rings is 1. The molecule has 4 heteroatoms. The van der Waals surface area contributed by atoms with E-state index < -0.39 is 0 Å². The summed E-state index contributed by atoms with van der Waals surface area (Å²) in [6.45, 7) is 7.39. The van der Waals surface area contributed by atoms with Gasteiger partial charge in [-0.05, 0) is 29.9 Å². The van der Waals surface area contributed by atoms with E-state index in [0.717, 1.165) is 38.3 Å². The summed E-state index contributed by atoms with van der Waals surface area (Å²) in [6.07, 6.45) is 1.70. The molecular formula is C15H24N2OS. The molecule has 2 N–H and O–H groups in total. The number of aliphatic hydroxyl groups excluding tert-OH is 1. The third-order valence-electron chi connectivity index (χ3n) is 3.75. The zero-order chi connectivity index (χ0) is 13.7. The quantitative estimate of drug-likeness (QED) is 0.809. The van der Waals surface area contributed by atoms with Gasteiger partial charge in [-0.25, -0.2) is 0 Å². The van der Waals surface area contributed by atoms with Gasteiger partial charge in [-0.3, -0.25) is 0 Å². The number of nitrogens with one attached hydrogen (secondary N) is 1. The smallest absolute Gasteiger partial charge is 0.0827 e. The number of benzene rings is 1. The van der Waals surface area contributed by atoms with Gasteiger partial charge < -0.3 is 15.3 Å². The van der Waals surface area contributed by atoms with Crippen molar-refractivity contribution in [1.82, 2.24) is 10.2 Å². The summed E-state index contributed by atoms with van der Waals surface area (Å²) in [6, 6.07) is 8.26. The van der Waals surface area contributed by atoms with E-state index in [1.807, 2.05) is 12.1 Å². The normalized spacial score (nSPS) is 20.2. The van der Waals surface area contributed by atoms with Crippen LogP contribution in [-0.4, -0.2) is 49.0 Å². The molecule has 1 aliphatic heterocycles. The molecule has 0 radical (unpaired) electrons. The molecule has 19 heavy (non-hydrogen) atoms. The number of aliphatic hydroxyl groups is 1. The predicted octanol–water partition coefficient (Wildman–Crippen LogP) is 1.98. The highest BCUT2D eigenvalue weighted by Crippen LogP contribution is 2.25. The monoisotopic (exact) mass is 280 g/mol. The van der Waals surface area contributed by atoms with Crippen LogP contribution in [0, 0.1) is 5.92 Å². The number of hydrogen-bond acceptors (Lipinski definition) is 4. The van der Waals surface area contributed by atoms with Crippen molar-refractivity contribution in [2.75, 3.05) is 39.0 Å². The van der Waals surface area contributed by atoms with Crippen molar-refractivity contribution in [1.29, 1.82) is 0 Å². The Morgan fingerprint density at radius 3 is 2.47 bits per heavy atom. The van der Waals surface area contributed by atoms with Crippen molar-refractivity contribution in [3.63, 3.8) is 0 Å². The number of rotatable bonds is 5. The van der Waals surface area contributed by atoms with Crippen LogP contribution in [0.15, 0.2) is 29.2 Å². The van der Waals surface area contributed by atoms with Gasteiger partial charge in [0.1, 0.15) is 0 Å². The van der Waals surface area contributed by atoms with Crippen LogP contribution < -0.4 is 5.32 Å². The Balaban J connectivity index is 1.91. The van der Waals surface area contributed by atoms with Crippen LogP contribution in [0.5, 0.6) is 0 Å². The lowest BCUT2D eigenvalue weighted by Crippen LogP contribution is -2.45. The molecule has 0 aliphatic carbocycles. The highest BCUT2D eigenvalue weighted by atomic mass is 32.2. The van der Waals surface area contributed by atoms with Crippen LogP contribution in [0.25, 0.3) is 0 Å². The molecule has 1 fully saturated rings. The van der Waals surface area contributed by atoms with Gasteiger partial charge in [0, 0.05) is 37.6 Å². The average molecular weight is 280 g/mol. The molecule has 106 valence electrons. The third-order valence-corrected chi connectivity index (χ3v) is 4.50. The largest absolute Gasteiger partial charge is 0.388 e. The highest BCUT2D eigenvalue weighted by Gasteiger charge is 2.20. The molecular weight excluding hydrogens is 256 g/mol. The first-order valence-electron chi connectivity index (χ1n) is 6.96. The van der Waals surface area contributed by atoms with E-state index in [-0.39, 0.29) is 12.0 Å². The van der Waals surface area contributed by atoms with Gasteiger partial charge in [-0.15, -0.1) is 11.8 Å². The summed E-state index contributed by atoms with van der Waals surface area (Å²) < 4.78 is 0. The molecule has 1 aromatic carbocycles. The highest BCUT2D eigenvalue weighted by molar-refractivity contribution is 7.98. The Morgan fingerprint density at radius 2 is 1.89 bits per heavy atom. The minimum Gasteiger partial charge on any atom is -0.388 e. The van der Waals surface area contributed by atoms with E-state index in [2.05, 4.69) is 35.5 Å². The van der Waals surface area contributed by atoms with Gasteiger partial charge in [0.05, 0.1) is 6.10 Å². The van der Waals surface area contributed by atoms with Crippen molar-refractivity contribution >= 4 is 11.8 Å². The Kier molecular flexibility index (Phi) is 5.70. The van der Waals surface area contributed by atoms with Gasteiger partial charge in [-0.1, -0.05) is 19.1 Å². The molecule has 3 nitrogen and oxygen atoms in total. The van der Waals surface area contributed by atoms with Crippen LogP contribution in [0.2, 0.25) is 0 Å². The fraction of sp³-hybridized carbons (Fsp3) is 0.600. The summed E-state index contributed by atoms with van der Waals surface area (Å²) in [5.74, 6) is 0.262. The first kappa shape index (κ1) is 14.9. The minimum absolute atomic E-state index is 0.262. The molecule has 1 saturated heterocycles. The van der Waals surface area contributed by atoms with Crippen molar-refractivity contribution in [3.05, 3.63) is 29.8 Å². The van der Waals surface area contributed by atoms with Crippen molar-refractivity contribution in [2.45, 2.75) is 17.9 Å². The second-order valence-corrected chi connectivity index (χ2v) is 6.13. The Bertz CT molecular complexity index is 376. The maximum Gasteiger partial charge on any atom is 0.0827 e. The molecule has 2 atom stereocenters. The van der Waals surface area contributed by atoms with Crippen LogP contribution in [0.4, 0.5) is 0 Å². The van der Waals surface area contributed by atoms with Crippen molar-refractivity contribution < 1.29 is 5.11 Å². The van der Waals surface area contributed by atoms with E-state index in [9.17, 15) is 5.11 Å². The summed E-state index contributed by atoms with van der Waals surface area (Å²) in [5.41, 5.74) is 1.03. The SMILES string of the molecule is CSc1ccc(C(O)C(C)CN2CCNCC2)cc1. The molecule has 0 aromatic heterocycles. The van der Waals surface area contributed by atoms with Gasteiger partial charge in [-0.2, -0.15) is 0 Å². The van der Waals surface area contributed by atoms with Gasteiger partial charge in [0.2, 0.25) is 0 Å². The first-order chi connectivity index (χ1) is 9.20. The maximum atomic E-state index is 10.4. The zero-order valence-corrected chi connectivity index (χ0v) is 12.6. The van der Waals surface area contributed by atoms with Crippen LogP contribution >= 0.6 is 11.8 Å². The van der Waals surface area contributed by atoms with E-state index in [0.29, 0.717) is 0 Å². The lowest BCUT2D eigenvalue weighted by atomic mass is 9.97. The molecule has 1 aliphatic rings. The molecule has 2 unspecified atom stereocenters. The Hall–Kier alpha value is -0.550. The molecule has 0 bridgehead atoms. The fourth-order valence-electron chi connectivity index (χ4n) is 2.53. The summed E-state index contributed by atoms with van der Waals surface area (Å²) in [4.78, 5) is 3.67. The predicted molar refractivity (Wildman–Crippen MR) is 81.7 cm³/mol. The summed E-state index contributed by atoms with van der Waals surface area (Å²) in [7, 11) is 0. The van der Waals surface area contributed by atoms with Crippen molar-refractivity contribution in [3.8, 4) is 0 Å². The fourth-order valence-corrected chi connectivity index (χ4v) is 2.94. The van der Waals surface area contributed by atoms with Crippen molar-refractivity contribution in [2.24, 2.45) is 5.92 Å². The summed E-state index contributed by atoms with van der Waals surface area (Å²) >= 11 is 1.73. The Labute approximate surface area is 120 Å². The molecule has 1 heterocycles. The van der Waals surface area contributed by atoms with E-state index >= 15 is 0 Å². The van der Waals surface area contributed by atoms with Crippen LogP contribution in [0.1, 0.15) is 18.6 Å². The Morgan fingerprint density at radius 1 is 1.26 bits per heavy atom. The first-order valence-corrected chi connectivity index (χ1v) is 8.18. The topological polar surface area (TPSA) is 35.5 Å². The molecule has 0 amide bonds. The molecule has 2 rings (SSSR count). The number of hydrogen-bond donors (Lipinski definition) is 2. The zero-order valence-electron chi connectivity index (χ0n) is 11.8. The minimum atomic E-state index is -0.370. The third kappa shape index (κ3) is 4.21. The van der Waals surface area contributed by atoms with Crippen LogP contribution in [-0.2, 0) is 0 Å². The van der Waals surface area contributed by atoms with E-state index in [4.69, 9.17) is 0 Å². The second-order valence-electron chi connectivity index (χ2n) is 5.25. The summed E-state index contributed by atoms with van der Waals surface area (Å²) in [5, 5.41) is 13.8. The molecule has 0 saturated carbocycles. The average Bonchev–Trinajstić information content (AvgIpc) is 2.47. The lowest BCUT2D eigenvalue weighted by molar-refractivity contribution is 0.0842. The van der Waals surface area contributed by atoms with E-state index in [1.165, 1.54) is 4.90 Å². The van der Waals surface area contributed by atoms with Gasteiger partial charge in [0.25, 0.3) is 0 Å². The van der Waals surface area contributed by atoms with Crippen LogP contribution in [0.3, 0.4) is 0 Å². The second kappa shape index (κ2) is 7.29. The van der Waals surface area contributed by atoms with E-state index in [1.54, 1.807) is 11.8 Å². The number of nitrogens with zero attached hydrogens (tertiary/aromatic N) is 1.